The van der Waals surface area contributed by atoms with Gasteiger partial charge in [0.1, 0.15) is 11.5 Å². The minimum Gasteiger partial charge on any atom is -0.476 e. The first-order valence-corrected chi connectivity index (χ1v) is 5.48. The van der Waals surface area contributed by atoms with E-state index < -0.39 is 17.5 Å². The summed E-state index contributed by atoms with van der Waals surface area (Å²) < 4.78 is 32.3. The number of alkyl halides is 1. The maximum atomic E-state index is 13.8. The summed E-state index contributed by atoms with van der Waals surface area (Å²) in [6, 6.07) is 4.81. The summed E-state index contributed by atoms with van der Waals surface area (Å²) in [6.07, 6.45) is 0. The van der Waals surface area contributed by atoms with Crippen LogP contribution in [-0.4, -0.2) is 16.2 Å². The van der Waals surface area contributed by atoms with Crippen LogP contribution in [0.4, 0.5) is 8.78 Å². The van der Waals surface area contributed by atoms with Gasteiger partial charge in [0.05, 0.1) is 5.56 Å². The second kappa shape index (κ2) is 4.46. The van der Waals surface area contributed by atoms with E-state index in [4.69, 9.17) is 9.63 Å². The number of aromatic carboxylic acids is 1. The normalized spacial score (nSPS) is 11.6. The van der Waals surface area contributed by atoms with Crippen molar-refractivity contribution in [3.63, 3.8) is 0 Å². The van der Waals surface area contributed by atoms with Crippen molar-refractivity contribution in [1.29, 1.82) is 0 Å². The van der Waals surface area contributed by atoms with Gasteiger partial charge in [0.2, 0.25) is 0 Å². The molecule has 0 saturated carbocycles. The summed E-state index contributed by atoms with van der Waals surface area (Å²) >= 11 is 0. The Kier molecular flexibility index (Phi) is 3.09. The van der Waals surface area contributed by atoms with Gasteiger partial charge in [-0.1, -0.05) is 11.2 Å². The van der Waals surface area contributed by atoms with Crippen molar-refractivity contribution in [2.45, 2.75) is 19.5 Å². The Labute approximate surface area is 107 Å². The molecule has 0 spiro atoms. The van der Waals surface area contributed by atoms with Crippen molar-refractivity contribution < 1.29 is 23.2 Å². The lowest BCUT2D eigenvalue weighted by Crippen LogP contribution is -2.09. The average Bonchev–Trinajstić information content (AvgIpc) is 2.77. The van der Waals surface area contributed by atoms with E-state index in [1.807, 2.05) is 0 Å². The lowest BCUT2D eigenvalue weighted by molar-refractivity contribution is 0.0686. The fraction of sp³-hybridized carbons (Fsp3) is 0.231. The number of benzene rings is 1. The van der Waals surface area contributed by atoms with Crippen molar-refractivity contribution in [3.05, 3.63) is 41.3 Å². The third-order valence-corrected chi connectivity index (χ3v) is 2.65. The summed E-state index contributed by atoms with van der Waals surface area (Å²) in [5, 5.41) is 12.0. The van der Waals surface area contributed by atoms with Gasteiger partial charge in [-0.25, -0.2) is 13.6 Å². The van der Waals surface area contributed by atoms with E-state index in [2.05, 4.69) is 5.16 Å². The van der Waals surface area contributed by atoms with Crippen molar-refractivity contribution in [1.82, 2.24) is 5.16 Å². The number of nitrogens with zero attached hydrogens (tertiary/aromatic N) is 1. The summed E-state index contributed by atoms with van der Waals surface area (Å²) in [6.45, 7) is 2.68. The van der Waals surface area contributed by atoms with Crippen LogP contribution in [0.2, 0.25) is 0 Å². The molecule has 1 N–H and O–H groups in total. The third kappa shape index (κ3) is 2.62. The zero-order valence-corrected chi connectivity index (χ0v) is 10.3. The Balaban J connectivity index is 2.51. The van der Waals surface area contributed by atoms with E-state index >= 15 is 0 Å². The van der Waals surface area contributed by atoms with E-state index in [-0.39, 0.29) is 22.6 Å². The third-order valence-electron chi connectivity index (χ3n) is 2.65. The molecule has 0 aliphatic rings. The Morgan fingerprint density at radius 1 is 1.37 bits per heavy atom. The average molecular weight is 267 g/mol. The van der Waals surface area contributed by atoms with Crippen LogP contribution in [0.5, 0.6) is 0 Å². The number of hydrogen-bond donors (Lipinski definition) is 1. The molecule has 1 aromatic carbocycles. The molecule has 2 rings (SSSR count). The lowest BCUT2D eigenvalue weighted by atomic mass is 9.97. The van der Waals surface area contributed by atoms with Crippen LogP contribution in [0.25, 0.3) is 11.3 Å². The zero-order chi connectivity index (χ0) is 14.2. The van der Waals surface area contributed by atoms with Gasteiger partial charge in [0.25, 0.3) is 0 Å². The Morgan fingerprint density at radius 2 is 2.05 bits per heavy atom. The van der Waals surface area contributed by atoms with E-state index in [0.29, 0.717) is 0 Å². The van der Waals surface area contributed by atoms with Gasteiger partial charge in [-0.2, -0.15) is 0 Å². The van der Waals surface area contributed by atoms with Crippen LogP contribution in [-0.2, 0) is 5.67 Å². The number of rotatable bonds is 3. The standard InChI is InChI=1S/C13H11F2NO3/c1-13(2,15)7-3-4-9(14)8(5-7)11-6-10(12(17)18)16-19-11/h3-6H,1-2H3,(H,17,18). The van der Waals surface area contributed by atoms with E-state index in [9.17, 15) is 13.6 Å². The largest absolute Gasteiger partial charge is 0.476 e. The van der Waals surface area contributed by atoms with Gasteiger partial charge < -0.3 is 9.63 Å². The molecular formula is C13H11F2NO3. The minimum atomic E-state index is -1.64. The first-order valence-electron chi connectivity index (χ1n) is 5.48. The maximum absolute atomic E-state index is 13.8. The van der Waals surface area contributed by atoms with Gasteiger partial charge >= 0.3 is 5.97 Å². The topological polar surface area (TPSA) is 63.3 Å². The summed E-state index contributed by atoms with van der Waals surface area (Å²) in [5.74, 6) is -1.97. The smallest absolute Gasteiger partial charge is 0.358 e. The molecule has 19 heavy (non-hydrogen) atoms. The predicted octanol–water partition coefficient (Wildman–Crippen LogP) is 3.38. The van der Waals surface area contributed by atoms with E-state index in [1.54, 1.807) is 0 Å². The highest BCUT2D eigenvalue weighted by Gasteiger charge is 2.22. The van der Waals surface area contributed by atoms with Crippen molar-refractivity contribution in [2.24, 2.45) is 0 Å². The highest BCUT2D eigenvalue weighted by atomic mass is 19.1. The molecule has 0 aliphatic carbocycles. The van der Waals surface area contributed by atoms with Gasteiger partial charge in [0, 0.05) is 6.07 Å². The van der Waals surface area contributed by atoms with Crippen molar-refractivity contribution >= 4 is 5.97 Å². The number of halogens is 2. The van der Waals surface area contributed by atoms with E-state index in [1.165, 1.54) is 26.0 Å². The predicted molar refractivity (Wildman–Crippen MR) is 63.0 cm³/mol. The van der Waals surface area contributed by atoms with Gasteiger partial charge in [0.15, 0.2) is 11.5 Å². The van der Waals surface area contributed by atoms with Gasteiger partial charge in [-0.3, -0.25) is 0 Å². The van der Waals surface area contributed by atoms with Crippen LogP contribution in [0.1, 0.15) is 29.9 Å². The molecule has 1 heterocycles. The Bertz CT molecular complexity index is 629. The van der Waals surface area contributed by atoms with Crippen LogP contribution in [0, 0.1) is 5.82 Å². The number of carboxylic acid groups (broad SMARTS) is 1. The zero-order valence-electron chi connectivity index (χ0n) is 10.3. The van der Waals surface area contributed by atoms with E-state index in [0.717, 1.165) is 12.1 Å². The van der Waals surface area contributed by atoms with Crippen LogP contribution in [0.3, 0.4) is 0 Å². The molecule has 0 atom stereocenters. The number of aromatic nitrogens is 1. The highest BCUT2D eigenvalue weighted by Crippen LogP contribution is 2.31. The van der Waals surface area contributed by atoms with Crippen molar-refractivity contribution in [2.75, 3.05) is 0 Å². The molecule has 0 aliphatic heterocycles. The molecular weight excluding hydrogens is 256 g/mol. The van der Waals surface area contributed by atoms with Gasteiger partial charge in [-0.05, 0) is 31.5 Å². The fourth-order valence-corrected chi connectivity index (χ4v) is 1.59. The first-order chi connectivity index (χ1) is 8.79. The highest BCUT2D eigenvalue weighted by molar-refractivity contribution is 5.86. The second-order valence-electron chi connectivity index (χ2n) is 4.55. The summed E-state index contributed by atoms with van der Waals surface area (Å²) in [4.78, 5) is 10.7. The first kappa shape index (κ1) is 13.2. The monoisotopic (exact) mass is 267 g/mol. The van der Waals surface area contributed by atoms with Crippen molar-refractivity contribution in [3.8, 4) is 11.3 Å². The molecule has 4 nitrogen and oxygen atoms in total. The fourth-order valence-electron chi connectivity index (χ4n) is 1.59. The SMILES string of the molecule is CC(C)(F)c1ccc(F)c(-c2cc(C(=O)O)no2)c1. The molecule has 2 aromatic rings. The Hall–Kier alpha value is -2.24. The molecule has 0 unspecified atom stereocenters. The molecule has 0 saturated heterocycles. The maximum Gasteiger partial charge on any atom is 0.358 e. The molecule has 100 valence electrons. The van der Waals surface area contributed by atoms with Crippen LogP contribution in [0.15, 0.2) is 28.8 Å². The van der Waals surface area contributed by atoms with Crippen LogP contribution < -0.4 is 0 Å². The molecule has 1 aromatic heterocycles. The Morgan fingerprint density at radius 3 is 2.58 bits per heavy atom. The molecule has 0 fully saturated rings. The quantitative estimate of drug-likeness (QED) is 0.925. The molecule has 6 heteroatoms. The summed E-state index contributed by atoms with van der Waals surface area (Å²) in [5.41, 5.74) is -1.74. The molecule has 0 bridgehead atoms. The lowest BCUT2D eigenvalue weighted by Gasteiger charge is -2.15. The summed E-state index contributed by atoms with van der Waals surface area (Å²) in [7, 11) is 0. The molecule has 0 radical (unpaired) electrons. The number of carboxylic acids is 1. The number of carbonyl (C=O) groups is 1. The van der Waals surface area contributed by atoms with Gasteiger partial charge in [-0.15, -0.1) is 0 Å². The number of hydrogen-bond acceptors (Lipinski definition) is 3. The minimum absolute atomic E-state index is 0.0248. The van der Waals surface area contributed by atoms with Crippen LogP contribution >= 0.6 is 0 Å². The molecule has 0 amide bonds. The second-order valence-corrected chi connectivity index (χ2v) is 4.55.